The van der Waals surface area contributed by atoms with Crippen LogP contribution in [-0.4, -0.2) is 32.9 Å². The summed E-state index contributed by atoms with van der Waals surface area (Å²) in [6.45, 7) is 6.83. The van der Waals surface area contributed by atoms with E-state index in [1.54, 1.807) is 24.3 Å². The quantitative estimate of drug-likeness (QED) is 0.414. The Morgan fingerprint density at radius 3 is 2.11 bits per heavy atom. The lowest BCUT2D eigenvalue weighted by Gasteiger charge is -2.19. The van der Waals surface area contributed by atoms with Crippen LogP contribution in [0.4, 0.5) is 0 Å². The number of amides is 1. The van der Waals surface area contributed by atoms with Gasteiger partial charge in [0.25, 0.3) is 5.91 Å². The second kappa shape index (κ2) is 8.45. The zero-order chi connectivity index (χ0) is 21.1. The number of aryl methyl sites for hydroxylation is 2. The van der Waals surface area contributed by atoms with Gasteiger partial charge in [0.2, 0.25) is 0 Å². The summed E-state index contributed by atoms with van der Waals surface area (Å²) in [6.07, 6.45) is -0.0107. The fourth-order valence-electron chi connectivity index (χ4n) is 2.80. The first kappa shape index (κ1) is 22.1. The molecule has 2 aromatic carbocycles. The molecule has 1 amide bonds. The predicted molar refractivity (Wildman–Crippen MR) is 106 cm³/mol. The Hall–Kier alpha value is -2.18. The van der Waals surface area contributed by atoms with Crippen molar-refractivity contribution in [3.05, 3.63) is 64.2 Å². The summed E-state index contributed by atoms with van der Waals surface area (Å²) in [4.78, 5) is 29.9. The third kappa shape index (κ3) is 6.77. The van der Waals surface area contributed by atoms with Gasteiger partial charge in [0.05, 0.1) is 0 Å². The molecule has 8 heteroatoms. The van der Waals surface area contributed by atoms with E-state index in [4.69, 9.17) is 14.5 Å². The highest BCUT2D eigenvalue weighted by molar-refractivity contribution is 7.51. The number of ether oxygens (including phenoxy) is 1. The van der Waals surface area contributed by atoms with Crippen LogP contribution in [0.15, 0.2) is 36.4 Å². The average Bonchev–Trinajstić information content (AvgIpc) is 2.54. The van der Waals surface area contributed by atoms with Gasteiger partial charge in [-0.1, -0.05) is 12.1 Å². The standard InChI is InChI=1S/C20H26NO6P/c1-13-9-17(27-12-28(24,25)26)10-14(2)18(13)11-15-5-7-16(8-6-15)19(22)21-20(3,4)23/h5-10,23H,11-12H2,1-4H3,(H,21,22)(H2,24,25,26). The third-order valence-corrected chi connectivity index (χ3v) is 4.55. The predicted octanol–water partition coefficient (Wildman–Crippen LogP) is 2.87. The van der Waals surface area contributed by atoms with Crippen molar-refractivity contribution in [1.29, 1.82) is 0 Å². The van der Waals surface area contributed by atoms with E-state index in [0.29, 0.717) is 17.7 Å². The minimum atomic E-state index is -4.22. The molecule has 152 valence electrons. The van der Waals surface area contributed by atoms with Crippen molar-refractivity contribution in [2.45, 2.75) is 39.8 Å². The molecule has 0 atom stereocenters. The van der Waals surface area contributed by atoms with Gasteiger partial charge >= 0.3 is 7.60 Å². The van der Waals surface area contributed by atoms with Crippen LogP contribution in [0.3, 0.4) is 0 Å². The summed E-state index contributed by atoms with van der Waals surface area (Å²) < 4.78 is 16.2. The molecular weight excluding hydrogens is 381 g/mol. The maximum atomic E-state index is 12.1. The smallest absolute Gasteiger partial charge is 0.362 e. The summed E-state index contributed by atoms with van der Waals surface area (Å²) >= 11 is 0. The highest BCUT2D eigenvalue weighted by Gasteiger charge is 2.17. The number of aliphatic hydroxyl groups is 1. The lowest BCUT2D eigenvalue weighted by Crippen LogP contribution is -2.43. The molecule has 0 saturated heterocycles. The summed E-state index contributed by atoms with van der Waals surface area (Å²) in [5.41, 5.74) is 3.16. The number of hydrogen-bond acceptors (Lipinski definition) is 4. The van der Waals surface area contributed by atoms with Crippen LogP contribution in [0.25, 0.3) is 0 Å². The molecular formula is C20H26NO6P. The van der Waals surface area contributed by atoms with E-state index in [2.05, 4.69) is 5.32 Å². The lowest BCUT2D eigenvalue weighted by atomic mass is 9.95. The van der Waals surface area contributed by atoms with Gasteiger partial charge in [-0.25, -0.2) is 0 Å². The number of benzene rings is 2. The van der Waals surface area contributed by atoms with E-state index in [9.17, 15) is 14.5 Å². The molecule has 0 spiro atoms. The van der Waals surface area contributed by atoms with Crippen LogP contribution in [0.1, 0.15) is 46.5 Å². The number of nitrogens with one attached hydrogen (secondary N) is 1. The van der Waals surface area contributed by atoms with Crippen LogP contribution in [0, 0.1) is 13.8 Å². The maximum absolute atomic E-state index is 12.1. The highest BCUT2D eigenvalue weighted by atomic mass is 31.2. The largest absolute Gasteiger partial charge is 0.481 e. The summed E-state index contributed by atoms with van der Waals surface area (Å²) in [7, 11) is -4.22. The second-order valence-corrected chi connectivity index (χ2v) is 8.95. The van der Waals surface area contributed by atoms with Crippen molar-refractivity contribution in [2.75, 3.05) is 6.35 Å². The molecule has 2 rings (SSSR count). The van der Waals surface area contributed by atoms with Gasteiger partial charge < -0.3 is 24.9 Å². The van der Waals surface area contributed by atoms with Crippen molar-refractivity contribution in [1.82, 2.24) is 5.32 Å². The Labute approximate surface area is 164 Å². The second-order valence-electron chi connectivity index (χ2n) is 7.36. The van der Waals surface area contributed by atoms with Crippen LogP contribution < -0.4 is 10.1 Å². The molecule has 0 heterocycles. The monoisotopic (exact) mass is 407 g/mol. The SMILES string of the molecule is Cc1cc(OCP(=O)(O)O)cc(C)c1Cc1ccc(C(=O)NC(C)(C)O)cc1. The van der Waals surface area contributed by atoms with Crippen LogP contribution in [0.2, 0.25) is 0 Å². The first-order chi connectivity index (χ1) is 12.8. The Morgan fingerprint density at radius 1 is 1.11 bits per heavy atom. The van der Waals surface area contributed by atoms with Gasteiger partial charge in [0.15, 0.2) is 6.35 Å². The van der Waals surface area contributed by atoms with E-state index in [-0.39, 0.29) is 5.91 Å². The van der Waals surface area contributed by atoms with Crippen LogP contribution in [-0.2, 0) is 11.0 Å². The van der Waals surface area contributed by atoms with Crippen molar-refractivity contribution in [3.8, 4) is 5.75 Å². The molecule has 0 radical (unpaired) electrons. The summed E-state index contributed by atoms with van der Waals surface area (Å²) in [5, 5.41) is 12.2. The molecule has 0 aromatic heterocycles. The average molecular weight is 407 g/mol. The van der Waals surface area contributed by atoms with Crippen molar-refractivity contribution < 1.29 is 29.0 Å². The maximum Gasteiger partial charge on any atom is 0.362 e. The van der Waals surface area contributed by atoms with Gasteiger partial charge in [-0.05, 0) is 80.6 Å². The zero-order valence-corrected chi connectivity index (χ0v) is 17.3. The van der Waals surface area contributed by atoms with Gasteiger partial charge in [-0.3, -0.25) is 9.36 Å². The fourth-order valence-corrected chi connectivity index (χ4v) is 3.12. The molecule has 0 unspecified atom stereocenters. The number of hydrogen-bond donors (Lipinski definition) is 4. The molecule has 7 nitrogen and oxygen atoms in total. The number of carbonyl (C=O) groups excluding carboxylic acids is 1. The molecule has 28 heavy (non-hydrogen) atoms. The Balaban J connectivity index is 2.13. The first-order valence-corrected chi connectivity index (χ1v) is 10.6. The van der Waals surface area contributed by atoms with Gasteiger partial charge in [-0.2, -0.15) is 0 Å². The van der Waals surface area contributed by atoms with Crippen molar-refractivity contribution in [3.63, 3.8) is 0 Å². The normalized spacial score (nSPS) is 12.0. The molecule has 0 aliphatic carbocycles. The Bertz CT molecular complexity index is 873. The molecule has 0 aliphatic rings. The van der Waals surface area contributed by atoms with Crippen molar-refractivity contribution in [2.24, 2.45) is 0 Å². The molecule has 4 N–H and O–H groups in total. The number of carbonyl (C=O) groups is 1. The first-order valence-electron chi connectivity index (χ1n) is 8.75. The minimum absolute atomic E-state index is 0.349. The number of rotatable bonds is 7. The molecule has 0 aliphatic heterocycles. The van der Waals surface area contributed by atoms with E-state index in [1.807, 2.05) is 26.0 Å². The lowest BCUT2D eigenvalue weighted by molar-refractivity contribution is 0.0376. The van der Waals surface area contributed by atoms with Crippen LogP contribution >= 0.6 is 7.60 Å². The van der Waals surface area contributed by atoms with E-state index in [0.717, 1.165) is 22.3 Å². The fraction of sp³-hybridized carbons (Fsp3) is 0.350. The van der Waals surface area contributed by atoms with E-state index >= 15 is 0 Å². The van der Waals surface area contributed by atoms with Crippen LogP contribution in [0.5, 0.6) is 5.75 Å². The molecule has 0 bridgehead atoms. The Morgan fingerprint density at radius 2 is 1.64 bits per heavy atom. The summed E-state index contributed by atoms with van der Waals surface area (Å²) in [6, 6.07) is 10.6. The van der Waals surface area contributed by atoms with Gasteiger partial charge in [0.1, 0.15) is 11.5 Å². The van der Waals surface area contributed by atoms with Gasteiger partial charge in [-0.15, -0.1) is 0 Å². The molecule has 2 aromatic rings. The zero-order valence-electron chi connectivity index (χ0n) is 16.4. The molecule has 0 saturated carbocycles. The van der Waals surface area contributed by atoms with E-state index < -0.39 is 19.7 Å². The third-order valence-electron chi connectivity index (χ3n) is 4.09. The highest BCUT2D eigenvalue weighted by Crippen LogP contribution is 2.35. The van der Waals surface area contributed by atoms with E-state index in [1.165, 1.54) is 13.8 Å². The van der Waals surface area contributed by atoms with Gasteiger partial charge in [0, 0.05) is 5.56 Å². The Kier molecular flexibility index (Phi) is 6.67. The minimum Gasteiger partial charge on any atom is -0.481 e. The molecule has 0 fully saturated rings. The summed E-state index contributed by atoms with van der Waals surface area (Å²) in [5.74, 6) is 0.0682. The van der Waals surface area contributed by atoms with Crippen molar-refractivity contribution >= 4 is 13.5 Å². The topological polar surface area (TPSA) is 116 Å².